The van der Waals surface area contributed by atoms with Crippen molar-refractivity contribution in [2.45, 2.75) is 38.7 Å². The lowest BCUT2D eigenvalue weighted by Gasteiger charge is -2.35. The number of rotatable bonds is 4. The van der Waals surface area contributed by atoms with Crippen molar-refractivity contribution in [2.24, 2.45) is 5.92 Å². The van der Waals surface area contributed by atoms with Gasteiger partial charge in [-0.25, -0.2) is 0 Å². The predicted octanol–water partition coefficient (Wildman–Crippen LogP) is 2.36. The lowest BCUT2D eigenvalue weighted by molar-refractivity contribution is -0.121. The summed E-state index contributed by atoms with van der Waals surface area (Å²) in [4.78, 5) is 14.3. The highest BCUT2D eigenvalue weighted by Crippen LogP contribution is 2.35. The number of fused-ring (bicyclic) bond motifs is 1. The Kier molecular flexibility index (Phi) is 3.66. The van der Waals surface area contributed by atoms with Gasteiger partial charge < -0.3 is 15.4 Å². The first kappa shape index (κ1) is 13.4. The van der Waals surface area contributed by atoms with Crippen LogP contribution in [0.25, 0.3) is 0 Å². The zero-order valence-corrected chi connectivity index (χ0v) is 12.0. The first-order valence-electron chi connectivity index (χ1n) is 7.47. The van der Waals surface area contributed by atoms with Crippen molar-refractivity contribution in [1.82, 2.24) is 0 Å². The third-order valence-corrected chi connectivity index (χ3v) is 4.36. The van der Waals surface area contributed by atoms with Gasteiger partial charge in [0.25, 0.3) is 0 Å². The summed E-state index contributed by atoms with van der Waals surface area (Å²) in [5, 5.41) is 0. The summed E-state index contributed by atoms with van der Waals surface area (Å²) >= 11 is 0. The van der Waals surface area contributed by atoms with Gasteiger partial charge in [-0.15, -0.1) is 0 Å². The molecular weight excluding hydrogens is 252 g/mol. The number of hydrogen-bond donors (Lipinski definition) is 1. The maximum absolute atomic E-state index is 12.4. The van der Waals surface area contributed by atoms with Gasteiger partial charge >= 0.3 is 0 Å². The highest BCUT2D eigenvalue weighted by Gasteiger charge is 2.33. The van der Waals surface area contributed by atoms with Gasteiger partial charge in [-0.3, -0.25) is 4.79 Å². The fourth-order valence-electron chi connectivity index (χ4n) is 3.23. The Morgan fingerprint density at radius 3 is 3.00 bits per heavy atom. The van der Waals surface area contributed by atoms with Crippen molar-refractivity contribution < 1.29 is 9.53 Å². The Morgan fingerprint density at radius 2 is 2.25 bits per heavy atom. The van der Waals surface area contributed by atoms with Gasteiger partial charge in [-0.1, -0.05) is 6.07 Å². The van der Waals surface area contributed by atoms with E-state index in [1.165, 1.54) is 5.56 Å². The minimum absolute atomic E-state index is 0.231. The van der Waals surface area contributed by atoms with Crippen LogP contribution in [0, 0.1) is 5.92 Å². The monoisotopic (exact) mass is 274 g/mol. The predicted molar refractivity (Wildman–Crippen MR) is 79.7 cm³/mol. The first-order chi connectivity index (χ1) is 9.67. The van der Waals surface area contributed by atoms with Crippen LogP contribution < -0.4 is 10.6 Å². The van der Waals surface area contributed by atoms with E-state index in [1.54, 1.807) is 0 Å². The molecule has 0 unspecified atom stereocenters. The van der Waals surface area contributed by atoms with Crippen LogP contribution in [-0.4, -0.2) is 25.2 Å². The van der Waals surface area contributed by atoms with Crippen LogP contribution in [0.2, 0.25) is 0 Å². The van der Waals surface area contributed by atoms with Crippen molar-refractivity contribution in [3.8, 4) is 0 Å². The van der Waals surface area contributed by atoms with Crippen LogP contribution in [0.1, 0.15) is 31.7 Å². The number of nitrogen functional groups attached to an aromatic ring is 1. The maximum atomic E-state index is 12.4. The van der Waals surface area contributed by atoms with Crippen molar-refractivity contribution in [2.75, 3.05) is 23.8 Å². The fraction of sp³-hybridized carbons (Fsp3) is 0.562. The Hall–Kier alpha value is -1.55. The summed E-state index contributed by atoms with van der Waals surface area (Å²) < 4.78 is 5.55. The van der Waals surface area contributed by atoms with Gasteiger partial charge in [0.2, 0.25) is 5.91 Å². The topological polar surface area (TPSA) is 55.6 Å². The Bertz CT molecular complexity index is 509. The van der Waals surface area contributed by atoms with E-state index in [4.69, 9.17) is 10.5 Å². The number of amides is 1. The summed E-state index contributed by atoms with van der Waals surface area (Å²) in [5.74, 6) is 0.721. The van der Waals surface area contributed by atoms with Crippen molar-refractivity contribution in [3.63, 3.8) is 0 Å². The highest BCUT2D eigenvalue weighted by molar-refractivity contribution is 5.96. The summed E-state index contributed by atoms with van der Waals surface area (Å²) in [6.07, 6.45) is 4.00. The Morgan fingerprint density at radius 1 is 1.45 bits per heavy atom. The molecule has 1 aromatic carbocycles. The molecule has 20 heavy (non-hydrogen) atoms. The normalized spacial score (nSPS) is 24.4. The third kappa shape index (κ3) is 2.52. The zero-order chi connectivity index (χ0) is 14.1. The van der Waals surface area contributed by atoms with Gasteiger partial charge in [-0.05, 0) is 49.8 Å². The van der Waals surface area contributed by atoms with Crippen LogP contribution in [-0.2, 0) is 16.0 Å². The average molecular weight is 274 g/mol. The SMILES string of the molecule is CCOC1CC(CC(=O)N2CCc3ccc(N)cc32)C1. The molecule has 2 aliphatic rings. The molecule has 0 saturated heterocycles. The molecule has 0 aromatic heterocycles. The molecule has 2 N–H and O–H groups in total. The molecule has 1 aliphatic carbocycles. The zero-order valence-electron chi connectivity index (χ0n) is 12.0. The minimum Gasteiger partial charge on any atom is -0.399 e. The number of carbonyl (C=O) groups is 1. The molecule has 4 nitrogen and oxygen atoms in total. The van der Waals surface area contributed by atoms with Gasteiger partial charge in [0.05, 0.1) is 6.10 Å². The molecule has 1 saturated carbocycles. The van der Waals surface area contributed by atoms with Crippen LogP contribution in [0.15, 0.2) is 18.2 Å². The van der Waals surface area contributed by atoms with Gasteiger partial charge in [-0.2, -0.15) is 0 Å². The molecule has 108 valence electrons. The molecule has 1 aromatic rings. The number of nitrogens with two attached hydrogens (primary N) is 1. The summed E-state index contributed by atoms with van der Waals surface area (Å²) in [5.41, 5.74) is 8.79. The van der Waals surface area contributed by atoms with E-state index < -0.39 is 0 Å². The van der Waals surface area contributed by atoms with Crippen LogP contribution in [0.4, 0.5) is 11.4 Å². The number of hydrogen-bond acceptors (Lipinski definition) is 3. The second-order valence-corrected chi connectivity index (χ2v) is 5.80. The molecule has 0 atom stereocenters. The maximum Gasteiger partial charge on any atom is 0.227 e. The van der Waals surface area contributed by atoms with Crippen molar-refractivity contribution >= 4 is 17.3 Å². The van der Waals surface area contributed by atoms with Gasteiger partial charge in [0, 0.05) is 30.9 Å². The van der Waals surface area contributed by atoms with Crippen molar-refractivity contribution in [1.29, 1.82) is 0 Å². The standard InChI is InChI=1S/C16H22N2O2/c1-2-20-14-7-11(8-14)9-16(19)18-6-5-12-3-4-13(17)10-15(12)18/h3-4,10-11,14H,2,5-9,17H2,1H3. The second kappa shape index (κ2) is 5.44. The molecular formula is C16H22N2O2. The highest BCUT2D eigenvalue weighted by atomic mass is 16.5. The van der Waals surface area contributed by atoms with Crippen molar-refractivity contribution in [3.05, 3.63) is 23.8 Å². The molecule has 0 spiro atoms. The van der Waals surface area contributed by atoms with Crippen LogP contribution in [0.3, 0.4) is 0 Å². The van der Waals surface area contributed by atoms with E-state index in [-0.39, 0.29) is 5.91 Å². The van der Waals surface area contributed by atoms with E-state index in [2.05, 4.69) is 0 Å². The lowest BCUT2D eigenvalue weighted by atomic mass is 9.79. The molecule has 1 heterocycles. The molecule has 0 bridgehead atoms. The van der Waals surface area contributed by atoms with E-state index in [0.717, 1.165) is 43.8 Å². The van der Waals surface area contributed by atoms with E-state index >= 15 is 0 Å². The number of benzene rings is 1. The lowest BCUT2D eigenvalue weighted by Crippen LogP contribution is -2.37. The number of ether oxygens (including phenoxy) is 1. The van der Waals surface area contributed by atoms with E-state index in [0.29, 0.717) is 18.4 Å². The third-order valence-electron chi connectivity index (χ3n) is 4.36. The van der Waals surface area contributed by atoms with E-state index in [1.807, 2.05) is 30.0 Å². The Labute approximate surface area is 119 Å². The molecule has 4 heteroatoms. The smallest absolute Gasteiger partial charge is 0.227 e. The summed E-state index contributed by atoms with van der Waals surface area (Å²) in [6, 6.07) is 5.86. The summed E-state index contributed by atoms with van der Waals surface area (Å²) in [6.45, 7) is 3.58. The molecule has 1 aliphatic heterocycles. The second-order valence-electron chi connectivity index (χ2n) is 5.80. The quantitative estimate of drug-likeness (QED) is 0.858. The fourth-order valence-corrected chi connectivity index (χ4v) is 3.23. The number of nitrogens with zero attached hydrogens (tertiary/aromatic N) is 1. The molecule has 0 radical (unpaired) electrons. The average Bonchev–Trinajstić information content (AvgIpc) is 2.79. The van der Waals surface area contributed by atoms with Crippen LogP contribution >= 0.6 is 0 Å². The minimum atomic E-state index is 0.231. The molecule has 3 rings (SSSR count). The first-order valence-corrected chi connectivity index (χ1v) is 7.47. The van der Waals surface area contributed by atoms with E-state index in [9.17, 15) is 4.79 Å². The van der Waals surface area contributed by atoms with Crippen LogP contribution in [0.5, 0.6) is 0 Å². The van der Waals surface area contributed by atoms with Gasteiger partial charge in [0.15, 0.2) is 0 Å². The number of anilines is 2. The van der Waals surface area contributed by atoms with Gasteiger partial charge in [0.1, 0.15) is 0 Å². The molecule has 1 fully saturated rings. The Balaban J connectivity index is 1.59. The molecule has 1 amide bonds. The number of carbonyl (C=O) groups excluding carboxylic acids is 1. The summed E-state index contributed by atoms with van der Waals surface area (Å²) in [7, 11) is 0. The largest absolute Gasteiger partial charge is 0.399 e.